The van der Waals surface area contributed by atoms with E-state index < -0.39 is 10.0 Å². The highest BCUT2D eigenvalue weighted by Gasteiger charge is 2.48. The number of nitrogens with one attached hydrogen (secondary N) is 1. The second kappa shape index (κ2) is 8.19. The molecule has 1 aromatic carbocycles. The maximum absolute atomic E-state index is 13.4. The third-order valence-electron chi connectivity index (χ3n) is 6.08. The molecule has 1 aromatic heterocycles. The van der Waals surface area contributed by atoms with Crippen LogP contribution in [0.1, 0.15) is 56.5 Å². The molecule has 4 rings (SSSR count). The van der Waals surface area contributed by atoms with E-state index in [1.807, 2.05) is 12.1 Å². The van der Waals surface area contributed by atoms with Crippen LogP contribution in [0.5, 0.6) is 5.75 Å². The van der Waals surface area contributed by atoms with Gasteiger partial charge in [0, 0.05) is 24.9 Å². The third kappa shape index (κ3) is 4.05. The molecule has 2 unspecified atom stereocenters. The number of hydrogen-bond acceptors (Lipinski definition) is 4. The predicted molar refractivity (Wildman–Crippen MR) is 118 cm³/mol. The molecule has 0 amide bonds. The number of hydrogen-bond donors (Lipinski definition) is 1. The standard InChI is InChI=1S/C23H31N3O3S/c1-15(2)5-6-18-7-11-21(12-8-18)29-22-13-19-9-10-20(14-22)26(19)30(27,28)23-16(3)24-25-17(23)4/h5-8,11-12,15,19-20,22H,9-10,13-14H2,1-4H3,(H,24,25)/b6-5+. The molecule has 0 saturated carbocycles. The fourth-order valence-corrected chi connectivity index (χ4v) is 6.98. The van der Waals surface area contributed by atoms with Crippen molar-refractivity contribution in [3.63, 3.8) is 0 Å². The average Bonchev–Trinajstić information content (AvgIpc) is 3.18. The first-order chi connectivity index (χ1) is 14.3. The number of H-pyrrole nitrogens is 1. The van der Waals surface area contributed by atoms with Gasteiger partial charge in [0.15, 0.2) is 0 Å². The lowest BCUT2D eigenvalue weighted by Gasteiger charge is -2.37. The van der Waals surface area contributed by atoms with Crippen LogP contribution in [-0.2, 0) is 10.0 Å². The van der Waals surface area contributed by atoms with Gasteiger partial charge in [0.05, 0.1) is 11.4 Å². The number of sulfonamides is 1. The molecule has 2 saturated heterocycles. The molecule has 2 fully saturated rings. The summed E-state index contributed by atoms with van der Waals surface area (Å²) in [7, 11) is -3.55. The molecular weight excluding hydrogens is 398 g/mol. The summed E-state index contributed by atoms with van der Waals surface area (Å²) in [6, 6.07) is 8.10. The van der Waals surface area contributed by atoms with Crippen LogP contribution in [0.4, 0.5) is 0 Å². The summed E-state index contributed by atoms with van der Waals surface area (Å²) in [4.78, 5) is 0.337. The highest BCUT2D eigenvalue weighted by atomic mass is 32.2. The van der Waals surface area contributed by atoms with Gasteiger partial charge in [0.25, 0.3) is 0 Å². The molecule has 2 bridgehead atoms. The minimum absolute atomic E-state index is 0.0132. The second-order valence-electron chi connectivity index (χ2n) is 8.87. The Morgan fingerprint density at radius 2 is 1.77 bits per heavy atom. The normalized spacial score (nSPS) is 24.8. The van der Waals surface area contributed by atoms with Gasteiger partial charge in [0.1, 0.15) is 16.7 Å². The second-order valence-corrected chi connectivity index (χ2v) is 10.6. The van der Waals surface area contributed by atoms with Gasteiger partial charge in [-0.15, -0.1) is 0 Å². The van der Waals surface area contributed by atoms with Crippen molar-refractivity contribution < 1.29 is 13.2 Å². The minimum atomic E-state index is -3.55. The number of rotatable bonds is 6. The zero-order valence-electron chi connectivity index (χ0n) is 18.1. The first-order valence-electron chi connectivity index (χ1n) is 10.8. The van der Waals surface area contributed by atoms with Gasteiger partial charge in [-0.05, 0) is 50.3 Å². The zero-order chi connectivity index (χ0) is 21.5. The minimum Gasteiger partial charge on any atom is -0.490 e. The summed E-state index contributed by atoms with van der Waals surface area (Å²) >= 11 is 0. The Kier molecular flexibility index (Phi) is 5.77. The average molecular weight is 430 g/mol. The highest BCUT2D eigenvalue weighted by molar-refractivity contribution is 7.89. The van der Waals surface area contributed by atoms with Crippen molar-refractivity contribution >= 4 is 16.1 Å². The fraction of sp³-hybridized carbons (Fsp3) is 0.522. The van der Waals surface area contributed by atoms with Gasteiger partial charge in [-0.25, -0.2) is 8.42 Å². The van der Waals surface area contributed by atoms with Crippen LogP contribution in [0.25, 0.3) is 6.08 Å². The fourth-order valence-electron chi connectivity index (χ4n) is 4.75. The molecule has 2 aromatic rings. The largest absolute Gasteiger partial charge is 0.490 e. The van der Waals surface area contributed by atoms with Crippen molar-refractivity contribution in [1.29, 1.82) is 0 Å². The molecule has 1 N–H and O–H groups in total. The summed E-state index contributed by atoms with van der Waals surface area (Å²) in [5.74, 6) is 1.37. The van der Waals surface area contributed by atoms with Gasteiger partial charge >= 0.3 is 0 Å². The van der Waals surface area contributed by atoms with E-state index in [-0.39, 0.29) is 18.2 Å². The number of aromatic nitrogens is 2. The Morgan fingerprint density at radius 3 is 2.30 bits per heavy atom. The van der Waals surface area contributed by atoms with Crippen LogP contribution < -0.4 is 4.74 Å². The number of nitrogens with zero attached hydrogens (tertiary/aromatic N) is 2. The van der Waals surface area contributed by atoms with Crippen LogP contribution in [0.3, 0.4) is 0 Å². The number of ether oxygens (including phenoxy) is 1. The van der Waals surface area contributed by atoms with Crippen molar-refractivity contribution in [3.05, 3.63) is 47.3 Å². The monoisotopic (exact) mass is 429 g/mol. The van der Waals surface area contributed by atoms with Gasteiger partial charge in [-0.1, -0.05) is 38.1 Å². The number of piperidine rings is 1. The Bertz CT molecular complexity index is 991. The number of benzene rings is 1. The van der Waals surface area contributed by atoms with E-state index in [9.17, 15) is 8.42 Å². The Balaban J connectivity index is 1.46. The van der Waals surface area contributed by atoms with Crippen molar-refractivity contribution in [3.8, 4) is 5.75 Å². The molecule has 162 valence electrons. The maximum atomic E-state index is 13.4. The summed E-state index contributed by atoms with van der Waals surface area (Å²) in [6.45, 7) is 7.83. The van der Waals surface area contributed by atoms with Crippen LogP contribution in [0, 0.1) is 19.8 Å². The van der Waals surface area contributed by atoms with E-state index in [2.05, 4.69) is 48.3 Å². The predicted octanol–water partition coefficient (Wildman–Crippen LogP) is 4.46. The molecule has 2 atom stereocenters. The Morgan fingerprint density at radius 1 is 1.13 bits per heavy atom. The Hall–Kier alpha value is -2.12. The van der Waals surface area contributed by atoms with Gasteiger partial charge in [-0.2, -0.15) is 9.40 Å². The van der Waals surface area contributed by atoms with Crippen molar-refractivity contribution in [2.24, 2.45) is 5.92 Å². The molecule has 0 radical (unpaired) electrons. The van der Waals surface area contributed by atoms with E-state index in [0.29, 0.717) is 22.2 Å². The smallest absolute Gasteiger partial charge is 0.247 e. The van der Waals surface area contributed by atoms with Crippen molar-refractivity contribution in [2.45, 2.75) is 76.5 Å². The number of allylic oxidation sites excluding steroid dienone is 1. The number of aromatic amines is 1. The summed E-state index contributed by atoms with van der Waals surface area (Å²) in [6.07, 6.45) is 7.56. The molecule has 7 heteroatoms. The molecule has 3 heterocycles. The zero-order valence-corrected chi connectivity index (χ0v) is 18.9. The van der Waals surface area contributed by atoms with Gasteiger partial charge in [-0.3, -0.25) is 5.10 Å². The van der Waals surface area contributed by atoms with Gasteiger partial charge < -0.3 is 4.74 Å². The molecule has 2 aliphatic heterocycles. The summed E-state index contributed by atoms with van der Waals surface area (Å²) < 4.78 is 34.7. The molecule has 30 heavy (non-hydrogen) atoms. The van der Waals surface area contributed by atoms with Crippen LogP contribution in [-0.4, -0.2) is 41.1 Å². The van der Waals surface area contributed by atoms with Crippen molar-refractivity contribution in [2.75, 3.05) is 0 Å². The number of aryl methyl sites for hydroxylation is 2. The molecule has 0 aliphatic carbocycles. The summed E-state index contributed by atoms with van der Waals surface area (Å²) in [5.41, 5.74) is 2.30. The molecule has 6 nitrogen and oxygen atoms in total. The first-order valence-corrected chi connectivity index (χ1v) is 12.2. The Labute approximate surface area is 179 Å². The maximum Gasteiger partial charge on any atom is 0.247 e. The lowest BCUT2D eigenvalue weighted by atomic mass is 10.0. The number of fused-ring (bicyclic) bond motifs is 2. The van der Waals surface area contributed by atoms with E-state index in [1.165, 1.54) is 0 Å². The lowest BCUT2D eigenvalue weighted by Crippen LogP contribution is -2.49. The van der Waals surface area contributed by atoms with Crippen LogP contribution in [0.2, 0.25) is 0 Å². The topological polar surface area (TPSA) is 75.3 Å². The molecule has 0 spiro atoms. The summed E-state index contributed by atoms with van der Waals surface area (Å²) in [5, 5.41) is 6.90. The highest BCUT2D eigenvalue weighted by Crippen LogP contribution is 2.41. The molecular formula is C23H31N3O3S. The third-order valence-corrected chi connectivity index (χ3v) is 8.34. The van der Waals surface area contributed by atoms with E-state index in [1.54, 1.807) is 18.2 Å². The van der Waals surface area contributed by atoms with Crippen LogP contribution in [0.15, 0.2) is 35.2 Å². The molecule has 2 aliphatic rings. The van der Waals surface area contributed by atoms with Crippen molar-refractivity contribution in [1.82, 2.24) is 14.5 Å². The lowest BCUT2D eigenvalue weighted by molar-refractivity contribution is 0.0956. The quantitative estimate of drug-likeness (QED) is 0.736. The SMILES string of the molecule is Cc1n[nH]c(C)c1S(=O)(=O)N1C2CCC1CC(Oc1ccc(/C=C/C(C)C)cc1)C2. The van der Waals surface area contributed by atoms with E-state index in [4.69, 9.17) is 4.74 Å². The van der Waals surface area contributed by atoms with E-state index in [0.717, 1.165) is 37.0 Å². The van der Waals surface area contributed by atoms with E-state index >= 15 is 0 Å². The van der Waals surface area contributed by atoms with Crippen LogP contribution >= 0.6 is 0 Å². The first kappa shape index (κ1) is 21.1. The van der Waals surface area contributed by atoms with Gasteiger partial charge in [0.2, 0.25) is 10.0 Å².